The topological polar surface area (TPSA) is 114 Å². The maximum Gasteiger partial charge on any atom is 0.407 e. The third-order valence-corrected chi connectivity index (χ3v) is 7.76. The molecule has 0 spiro atoms. The van der Waals surface area contributed by atoms with Gasteiger partial charge in [0.25, 0.3) is 0 Å². The average molecular weight is 479 g/mol. The van der Waals surface area contributed by atoms with E-state index in [0.29, 0.717) is 12.8 Å². The normalized spacial score (nSPS) is 27.2. The first-order valence-electron chi connectivity index (χ1n) is 12.1. The number of alkyl carbamates (subject to hydrolysis) is 1. The zero-order valence-electron chi connectivity index (χ0n) is 19.7. The second kappa shape index (κ2) is 9.34. The van der Waals surface area contributed by atoms with E-state index in [1.54, 1.807) is 6.92 Å². The molecule has 0 bridgehead atoms. The van der Waals surface area contributed by atoms with Gasteiger partial charge in [0, 0.05) is 12.0 Å². The average Bonchev–Trinajstić information content (AvgIpc) is 3.55. The van der Waals surface area contributed by atoms with Gasteiger partial charge in [0.2, 0.25) is 5.91 Å². The van der Waals surface area contributed by atoms with Crippen LogP contribution in [0.5, 0.6) is 0 Å². The van der Waals surface area contributed by atoms with E-state index >= 15 is 0 Å². The number of rotatable bonds is 6. The Labute approximate surface area is 204 Å². The third-order valence-electron chi connectivity index (χ3n) is 7.76. The molecule has 3 N–H and O–H groups in total. The van der Waals surface area contributed by atoms with Crippen molar-refractivity contribution in [1.82, 2.24) is 10.6 Å². The molecule has 0 radical (unpaired) electrons. The summed E-state index contributed by atoms with van der Waals surface area (Å²) in [4.78, 5) is 37.4. The number of fused-ring (bicyclic) bond motifs is 3. The van der Waals surface area contributed by atoms with Crippen LogP contribution in [-0.4, -0.2) is 55.0 Å². The summed E-state index contributed by atoms with van der Waals surface area (Å²) in [5.41, 5.74) is 3.44. The lowest BCUT2D eigenvalue weighted by atomic mass is 9.85. The Hall–Kier alpha value is -3.39. The number of hydrogen-bond acceptors (Lipinski definition) is 5. The maximum atomic E-state index is 13.0. The fraction of sp³-hybridized carbons (Fsp3) is 0.444. The molecule has 1 heterocycles. The van der Waals surface area contributed by atoms with Crippen molar-refractivity contribution in [3.8, 4) is 11.1 Å². The SMILES string of the molecule is CC1(C(=O)O)COCC1NC(=O)[C@@H]1CCC[C@@H]1NC(=O)OCC1c2ccccc2-c2ccccc21. The summed E-state index contributed by atoms with van der Waals surface area (Å²) in [5, 5.41) is 15.3. The van der Waals surface area contributed by atoms with E-state index in [0.717, 1.165) is 28.7 Å². The van der Waals surface area contributed by atoms with Crippen molar-refractivity contribution >= 4 is 18.0 Å². The van der Waals surface area contributed by atoms with Gasteiger partial charge >= 0.3 is 12.1 Å². The van der Waals surface area contributed by atoms with Crippen LogP contribution in [0.4, 0.5) is 4.79 Å². The van der Waals surface area contributed by atoms with Gasteiger partial charge in [-0.2, -0.15) is 0 Å². The number of carbonyl (C=O) groups excluding carboxylic acids is 2. The number of amides is 2. The Morgan fingerprint density at radius 2 is 1.69 bits per heavy atom. The quantitative estimate of drug-likeness (QED) is 0.587. The van der Waals surface area contributed by atoms with Gasteiger partial charge in [-0.3, -0.25) is 9.59 Å². The van der Waals surface area contributed by atoms with Crippen LogP contribution in [0.1, 0.15) is 43.2 Å². The van der Waals surface area contributed by atoms with Gasteiger partial charge in [0.15, 0.2) is 0 Å². The van der Waals surface area contributed by atoms with Crippen LogP contribution in [0.2, 0.25) is 0 Å². The molecule has 35 heavy (non-hydrogen) atoms. The molecular weight excluding hydrogens is 448 g/mol. The van der Waals surface area contributed by atoms with Crippen LogP contribution in [0.3, 0.4) is 0 Å². The van der Waals surface area contributed by atoms with Crippen LogP contribution in [0.15, 0.2) is 48.5 Å². The molecular formula is C27H30N2O6. The van der Waals surface area contributed by atoms with Crippen LogP contribution >= 0.6 is 0 Å². The van der Waals surface area contributed by atoms with Gasteiger partial charge in [-0.1, -0.05) is 55.0 Å². The molecule has 184 valence electrons. The lowest BCUT2D eigenvalue weighted by Crippen LogP contribution is -2.53. The summed E-state index contributed by atoms with van der Waals surface area (Å²) in [5.74, 6) is -1.73. The third kappa shape index (κ3) is 4.27. The summed E-state index contributed by atoms with van der Waals surface area (Å²) in [6, 6.07) is 15.3. The maximum absolute atomic E-state index is 13.0. The van der Waals surface area contributed by atoms with E-state index in [-0.39, 0.29) is 37.7 Å². The monoisotopic (exact) mass is 478 g/mol. The molecule has 1 aliphatic heterocycles. The predicted molar refractivity (Wildman–Crippen MR) is 128 cm³/mol. The predicted octanol–water partition coefficient (Wildman–Crippen LogP) is 3.30. The molecule has 0 aromatic heterocycles. The molecule has 2 aromatic carbocycles. The highest BCUT2D eigenvalue weighted by Crippen LogP contribution is 2.44. The Morgan fingerprint density at radius 1 is 1.03 bits per heavy atom. The second-order valence-corrected chi connectivity index (χ2v) is 9.91. The van der Waals surface area contributed by atoms with Gasteiger partial charge in [-0.25, -0.2) is 4.79 Å². The molecule has 2 amide bonds. The smallest absolute Gasteiger partial charge is 0.407 e. The summed E-state index contributed by atoms with van der Waals surface area (Å²) in [6.45, 7) is 2.00. The van der Waals surface area contributed by atoms with Gasteiger partial charge in [-0.15, -0.1) is 0 Å². The summed E-state index contributed by atoms with van der Waals surface area (Å²) in [7, 11) is 0. The number of benzene rings is 2. The molecule has 2 aliphatic carbocycles. The Morgan fingerprint density at radius 3 is 2.34 bits per heavy atom. The van der Waals surface area contributed by atoms with Crippen LogP contribution in [0, 0.1) is 11.3 Å². The molecule has 2 fully saturated rings. The minimum Gasteiger partial charge on any atom is -0.481 e. The number of carboxylic acid groups (broad SMARTS) is 1. The van der Waals surface area contributed by atoms with Crippen molar-refractivity contribution in [2.45, 2.75) is 44.2 Å². The fourth-order valence-electron chi connectivity index (χ4n) is 5.60. The largest absolute Gasteiger partial charge is 0.481 e. The summed E-state index contributed by atoms with van der Waals surface area (Å²) < 4.78 is 11.0. The fourth-order valence-corrected chi connectivity index (χ4v) is 5.60. The van der Waals surface area contributed by atoms with Crippen molar-refractivity contribution in [2.75, 3.05) is 19.8 Å². The molecule has 1 saturated heterocycles. The molecule has 8 heteroatoms. The van der Waals surface area contributed by atoms with Crippen molar-refractivity contribution < 1.29 is 29.0 Å². The Balaban J connectivity index is 1.20. The zero-order chi connectivity index (χ0) is 24.6. The lowest BCUT2D eigenvalue weighted by molar-refractivity contribution is -0.149. The summed E-state index contributed by atoms with van der Waals surface area (Å²) >= 11 is 0. The van der Waals surface area contributed by atoms with Crippen molar-refractivity contribution in [2.24, 2.45) is 11.3 Å². The van der Waals surface area contributed by atoms with Crippen LogP contribution < -0.4 is 10.6 Å². The molecule has 1 saturated carbocycles. The minimum atomic E-state index is -1.16. The minimum absolute atomic E-state index is 0.0353. The highest BCUT2D eigenvalue weighted by molar-refractivity contribution is 5.83. The molecule has 5 rings (SSSR count). The molecule has 2 aromatic rings. The van der Waals surface area contributed by atoms with E-state index in [9.17, 15) is 19.5 Å². The van der Waals surface area contributed by atoms with Crippen molar-refractivity contribution in [3.63, 3.8) is 0 Å². The number of hydrogen-bond donors (Lipinski definition) is 3. The molecule has 2 unspecified atom stereocenters. The van der Waals surface area contributed by atoms with E-state index < -0.39 is 29.4 Å². The number of carboxylic acids is 1. The number of carbonyl (C=O) groups is 3. The van der Waals surface area contributed by atoms with Gasteiger partial charge < -0.3 is 25.2 Å². The van der Waals surface area contributed by atoms with Crippen molar-refractivity contribution in [1.29, 1.82) is 0 Å². The Kier molecular flexibility index (Phi) is 6.23. The van der Waals surface area contributed by atoms with Crippen LogP contribution in [-0.2, 0) is 19.1 Å². The van der Waals surface area contributed by atoms with E-state index in [1.165, 1.54) is 0 Å². The number of nitrogens with one attached hydrogen (secondary N) is 2. The van der Waals surface area contributed by atoms with Crippen LogP contribution in [0.25, 0.3) is 11.1 Å². The number of aliphatic carboxylic acids is 1. The van der Waals surface area contributed by atoms with Crippen molar-refractivity contribution in [3.05, 3.63) is 59.7 Å². The highest BCUT2D eigenvalue weighted by atomic mass is 16.5. The highest BCUT2D eigenvalue weighted by Gasteiger charge is 2.48. The second-order valence-electron chi connectivity index (χ2n) is 9.91. The van der Waals surface area contributed by atoms with E-state index in [4.69, 9.17) is 9.47 Å². The van der Waals surface area contributed by atoms with Gasteiger partial charge in [-0.05, 0) is 42.0 Å². The van der Waals surface area contributed by atoms with Gasteiger partial charge in [0.05, 0.1) is 25.2 Å². The number of ether oxygens (including phenoxy) is 2. The molecule has 4 atom stereocenters. The first kappa shape index (κ1) is 23.4. The van der Waals surface area contributed by atoms with E-state index in [1.807, 2.05) is 24.3 Å². The molecule has 8 nitrogen and oxygen atoms in total. The zero-order valence-corrected chi connectivity index (χ0v) is 19.7. The standard InChI is InChI=1S/C27H30N2O6/c1-27(25(31)32)15-34-14-23(27)29-24(30)20-11-6-12-22(20)28-26(33)35-13-21-18-9-4-2-7-16(18)17-8-3-5-10-19(17)21/h2-5,7-10,20-23H,6,11-15H2,1H3,(H,28,33)(H,29,30)(H,31,32)/t20-,22+,23?,27?/m1/s1. The Bertz CT molecular complexity index is 1100. The van der Waals surface area contributed by atoms with Gasteiger partial charge in [0.1, 0.15) is 12.0 Å². The summed E-state index contributed by atoms with van der Waals surface area (Å²) in [6.07, 6.45) is 1.54. The van der Waals surface area contributed by atoms with E-state index in [2.05, 4.69) is 34.9 Å². The molecule has 3 aliphatic rings. The first-order chi connectivity index (χ1) is 16.9. The lowest BCUT2D eigenvalue weighted by Gasteiger charge is -2.28. The first-order valence-corrected chi connectivity index (χ1v) is 12.1.